The molecule has 4 rings (SSSR count). The summed E-state index contributed by atoms with van der Waals surface area (Å²) in [7, 11) is -3.61. The summed E-state index contributed by atoms with van der Waals surface area (Å²) in [6.07, 6.45) is -1.36. The molecule has 3 aromatic rings. The van der Waals surface area contributed by atoms with Gasteiger partial charge in [-0.2, -0.15) is 0 Å². The zero-order valence-electron chi connectivity index (χ0n) is 23.1. The molecule has 0 saturated heterocycles. The molecular formula is C28H29O15P. The van der Waals surface area contributed by atoms with Gasteiger partial charge in [0.15, 0.2) is 0 Å². The fourth-order valence-electron chi connectivity index (χ4n) is 4.29. The van der Waals surface area contributed by atoms with Gasteiger partial charge in [0.2, 0.25) is 0 Å². The minimum absolute atomic E-state index is 0.0739. The monoisotopic (exact) mass is 636 g/mol. The Morgan fingerprint density at radius 3 is 1.68 bits per heavy atom. The second-order valence-electron chi connectivity index (χ2n) is 9.52. The average molecular weight is 636 g/mol. The van der Waals surface area contributed by atoms with Crippen molar-refractivity contribution in [2.45, 2.75) is 38.5 Å². The van der Waals surface area contributed by atoms with E-state index in [0.29, 0.717) is 0 Å². The van der Waals surface area contributed by atoms with Gasteiger partial charge in [0.05, 0.1) is 0 Å². The molecule has 0 bridgehead atoms. The summed E-state index contributed by atoms with van der Waals surface area (Å²) in [4.78, 5) is 33.3. The number of rotatable bonds is 14. The third kappa shape index (κ3) is 6.84. The fourth-order valence-corrected chi connectivity index (χ4v) is 6.32. The Labute approximate surface area is 249 Å². The van der Waals surface area contributed by atoms with E-state index >= 15 is 0 Å². The molecule has 0 amide bonds. The molecule has 1 aliphatic heterocycles. The maximum absolute atomic E-state index is 11.1. The van der Waals surface area contributed by atoms with Gasteiger partial charge in [0, 0.05) is 0 Å². The van der Waals surface area contributed by atoms with Crippen LogP contribution in [-0.4, -0.2) is 60.8 Å². The first-order chi connectivity index (χ1) is 20.8. The van der Waals surface area contributed by atoms with Crippen molar-refractivity contribution in [2.75, 3.05) is 7.11 Å². The molecule has 1 aliphatic rings. The molecule has 1 heterocycles. The molecule has 236 valence electrons. The fraction of sp³-hybridized carbons (Fsp3) is 0.250. The molecule has 0 saturated carbocycles. The van der Waals surface area contributed by atoms with Crippen molar-refractivity contribution in [1.29, 1.82) is 0 Å². The molecule has 0 spiro atoms. The topological polar surface area (TPSA) is 239 Å². The maximum atomic E-state index is 11.1. The number of phenols is 4. The van der Waals surface area contributed by atoms with Crippen LogP contribution in [0.25, 0.3) is 0 Å². The number of aliphatic carboxylic acids is 3. The number of carboxylic acid groups (broad SMARTS) is 3. The SMILES string of the molecule is COc1ccc(CCC(=O)O)c(O)c1O[PH]1(Oc2c(O)ccc(CCC(=O)O)c2O)Oc2ccc(CCC(=O)O)c(O)c2O1. The summed E-state index contributed by atoms with van der Waals surface area (Å²) in [5, 5.41) is 70.7. The number of carbonyl (C=O) groups is 3. The van der Waals surface area contributed by atoms with Gasteiger partial charge in [-0.25, -0.2) is 0 Å². The first-order valence-corrected chi connectivity index (χ1v) is 14.7. The van der Waals surface area contributed by atoms with Crippen LogP contribution < -0.4 is 22.8 Å². The van der Waals surface area contributed by atoms with Crippen LogP contribution in [0.5, 0.6) is 51.7 Å². The van der Waals surface area contributed by atoms with Crippen molar-refractivity contribution in [3.63, 3.8) is 0 Å². The Hall–Kier alpha value is -5.30. The van der Waals surface area contributed by atoms with E-state index in [2.05, 4.69) is 0 Å². The molecule has 0 aromatic heterocycles. The van der Waals surface area contributed by atoms with Crippen molar-refractivity contribution in [1.82, 2.24) is 0 Å². The number of hydrogen-bond donors (Lipinski definition) is 7. The van der Waals surface area contributed by atoms with Crippen molar-refractivity contribution in [3.8, 4) is 51.7 Å². The van der Waals surface area contributed by atoms with Crippen molar-refractivity contribution < 1.29 is 73.0 Å². The van der Waals surface area contributed by atoms with Crippen LogP contribution in [0.2, 0.25) is 0 Å². The summed E-state index contributed by atoms with van der Waals surface area (Å²) >= 11 is 0. The zero-order chi connectivity index (χ0) is 32.2. The summed E-state index contributed by atoms with van der Waals surface area (Å²) in [6.45, 7) is 0. The molecule has 0 atom stereocenters. The van der Waals surface area contributed by atoms with E-state index in [1.807, 2.05) is 0 Å². The molecule has 16 heteroatoms. The van der Waals surface area contributed by atoms with E-state index in [1.54, 1.807) is 0 Å². The minimum atomic E-state index is -4.86. The Morgan fingerprint density at radius 2 is 1.14 bits per heavy atom. The molecule has 3 aromatic carbocycles. The van der Waals surface area contributed by atoms with Crippen molar-refractivity contribution >= 4 is 26.1 Å². The molecule has 44 heavy (non-hydrogen) atoms. The number of methoxy groups -OCH3 is 1. The van der Waals surface area contributed by atoms with Gasteiger partial charge >= 0.3 is 250 Å². The standard InChI is InChI=1S/C28H29O15P/c1-39-18-9-3-15(6-12-21(32)33)24(37)27(18)42-44(41-26-17(29)8-2-14(23(26)36)5-11-20(30)31)40-19-10-4-16(7-13-22(34)35)25(38)28(19)43-44/h2-4,8-10,29,36-38,44H,5-7,11-13H2,1H3,(H,30,31)(H,32,33)(H,34,35). The average Bonchev–Trinajstić information content (AvgIpc) is 3.33. The van der Waals surface area contributed by atoms with E-state index in [9.17, 15) is 34.8 Å². The zero-order valence-corrected chi connectivity index (χ0v) is 24.1. The Kier molecular flexibility index (Phi) is 9.29. The van der Waals surface area contributed by atoms with Crippen molar-refractivity contribution in [2.24, 2.45) is 0 Å². The Balaban J connectivity index is 1.82. The Morgan fingerprint density at radius 1 is 0.659 bits per heavy atom. The quantitative estimate of drug-likeness (QED) is 0.124. The third-order valence-electron chi connectivity index (χ3n) is 6.51. The first kappa shape index (κ1) is 31.6. The molecule has 0 unspecified atom stereocenters. The number of fused-ring (bicyclic) bond motifs is 1. The molecule has 15 nitrogen and oxygen atoms in total. The molecule has 7 N–H and O–H groups in total. The van der Waals surface area contributed by atoms with Gasteiger partial charge in [-0.3, -0.25) is 0 Å². The summed E-state index contributed by atoms with van der Waals surface area (Å²) < 4.78 is 29.1. The first-order valence-electron chi connectivity index (χ1n) is 13.0. The van der Waals surface area contributed by atoms with Gasteiger partial charge in [0.25, 0.3) is 0 Å². The Bertz CT molecular complexity index is 1600. The van der Waals surface area contributed by atoms with Crippen molar-refractivity contribution in [3.05, 3.63) is 53.1 Å². The summed E-state index contributed by atoms with van der Waals surface area (Å²) in [5.41, 5.74) is 0.398. The van der Waals surface area contributed by atoms with E-state index in [0.717, 1.165) is 6.07 Å². The number of ether oxygens (including phenoxy) is 1. The third-order valence-corrected chi connectivity index (χ3v) is 8.35. The number of aromatic hydroxyl groups is 4. The normalized spacial score (nSPS) is 13.6. The summed E-state index contributed by atoms with van der Waals surface area (Å²) in [6, 6.07) is 7.92. The number of phenolic OH excluding ortho intramolecular Hbond substituents is 4. The molecule has 0 aliphatic carbocycles. The van der Waals surface area contributed by atoms with Crippen LogP contribution in [0.3, 0.4) is 0 Å². The van der Waals surface area contributed by atoms with E-state index in [4.69, 9.17) is 38.2 Å². The van der Waals surface area contributed by atoms with Gasteiger partial charge in [-0.15, -0.1) is 0 Å². The predicted molar refractivity (Wildman–Crippen MR) is 151 cm³/mol. The van der Waals surface area contributed by atoms with Crippen LogP contribution in [0.1, 0.15) is 36.0 Å². The second kappa shape index (κ2) is 12.9. The molecular weight excluding hydrogens is 607 g/mol. The van der Waals surface area contributed by atoms with Gasteiger partial charge in [0.1, 0.15) is 0 Å². The van der Waals surface area contributed by atoms with Gasteiger partial charge < -0.3 is 0 Å². The second-order valence-corrected chi connectivity index (χ2v) is 11.3. The predicted octanol–water partition coefficient (Wildman–Crippen LogP) is 3.91. The van der Waals surface area contributed by atoms with Crippen LogP contribution in [0.4, 0.5) is 0 Å². The number of hydrogen-bond acceptors (Lipinski definition) is 12. The van der Waals surface area contributed by atoms with Gasteiger partial charge in [-0.05, 0) is 0 Å². The number of carboxylic acids is 3. The summed E-state index contributed by atoms with van der Waals surface area (Å²) in [5.74, 6) is -7.30. The van der Waals surface area contributed by atoms with Crippen LogP contribution >= 0.6 is 8.17 Å². The van der Waals surface area contributed by atoms with Crippen LogP contribution in [0.15, 0.2) is 36.4 Å². The number of benzene rings is 3. The van der Waals surface area contributed by atoms with Crippen LogP contribution in [-0.2, 0) is 33.6 Å². The van der Waals surface area contributed by atoms with E-state index in [-0.39, 0.29) is 72.5 Å². The van der Waals surface area contributed by atoms with Gasteiger partial charge in [-0.1, -0.05) is 0 Å². The molecule has 0 radical (unpaired) electrons. The number of aryl methyl sites for hydroxylation is 3. The van der Waals surface area contributed by atoms with Crippen LogP contribution in [0, 0.1) is 0 Å². The molecule has 0 fully saturated rings. The van der Waals surface area contributed by atoms with E-state index in [1.165, 1.54) is 37.4 Å². The van der Waals surface area contributed by atoms with E-state index < -0.39 is 60.6 Å².